The van der Waals surface area contributed by atoms with Crippen molar-refractivity contribution >= 4 is 50.2 Å². The molecule has 3 nitrogen and oxygen atoms in total. The van der Waals surface area contributed by atoms with E-state index in [1.165, 1.54) is 0 Å². The first kappa shape index (κ1) is 15.7. The molecular formula is C16H13BrCl2N2O. The smallest absolute Gasteiger partial charge is 0.137 e. The molecule has 1 atom stereocenters. The summed E-state index contributed by atoms with van der Waals surface area (Å²) in [5.41, 5.74) is 2.75. The summed E-state index contributed by atoms with van der Waals surface area (Å²) in [6, 6.07) is 9.46. The average molecular weight is 400 g/mol. The Labute approximate surface area is 146 Å². The van der Waals surface area contributed by atoms with E-state index in [9.17, 15) is 0 Å². The molecule has 6 heteroatoms. The predicted octanol–water partition coefficient (Wildman–Crippen LogP) is 5.72. The quantitative estimate of drug-likeness (QED) is 0.562. The molecule has 114 valence electrons. The van der Waals surface area contributed by atoms with E-state index in [0.29, 0.717) is 15.8 Å². The van der Waals surface area contributed by atoms with Gasteiger partial charge in [-0.3, -0.25) is 0 Å². The number of hydrogen-bond donors (Lipinski definition) is 0. The highest BCUT2D eigenvalue weighted by Crippen LogP contribution is 2.39. The van der Waals surface area contributed by atoms with Crippen molar-refractivity contribution in [3.63, 3.8) is 0 Å². The van der Waals surface area contributed by atoms with Crippen LogP contribution in [0.5, 0.6) is 5.75 Å². The third kappa shape index (κ3) is 2.60. The molecule has 0 N–H and O–H groups in total. The van der Waals surface area contributed by atoms with Crippen LogP contribution in [0.1, 0.15) is 18.5 Å². The molecule has 22 heavy (non-hydrogen) atoms. The van der Waals surface area contributed by atoms with Gasteiger partial charge in [-0.2, -0.15) is 0 Å². The lowest BCUT2D eigenvalue weighted by molar-refractivity contribution is 0.414. The van der Waals surface area contributed by atoms with Gasteiger partial charge in [-0.25, -0.2) is 4.98 Å². The van der Waals surface area contributed by atoms with E-state index in [4.69, 9.17) is 27.9 Å². The van der Waals surface area contributed by atoms with Crippen molar-refractivity contribution in [1.29, 1.82) is 0 Å². The molecule has 3 rings (SSSR count). The average Bonchev–Trinajstić information content (AvgIpc) is 2.90. The van der Waals surface area contributed by atoms with E-state index in [-0.39, 0.29) is 6.04 Å². The van der Waals surface area contributed by atoms with Crippen molar-refractivity contribution in [1.82, 2.24) is 9.55 Å². The molecule has 0 aliphatic heterocycles. The number of fused-ring (bicyclic) bond motifs is 1. The van der Waals surface area contributed by atoms with Gasteiger partial charge in [0.1, 0.15) is 5.75 Å². The summed E-state index contributed by atoms with van der Waals surface area (Å²) in [6.07, 6.45) is 1.80. The van der Waals surface area contributed by atoms with Crippen LogP contribution in [-0.4, -0.2) is 16.7 Å². The fourth-order valence-electron chi connectivity index (χ4n) is 2.54. The van der Waals surface area contributed by atoms with E-state index in [1.54, 1.807) is 25.6 Å². The molecule has 0 saturated carbocycles. The maximum absolute atomic E-state index is 6.46. The monoisotopic (exact) mass is 398 g/mol. The lowest BCUT2D eigenvalue weighted by Crippen LogP contribution is -2.07. The number of rotatable bonds is 3. The molecule has 0 aliphatic carbocycles. The summed E-state index contributed by atoms with van der Waals surface area (Å²) in [7, 11) is 1.59. The molecule has 0 unspecified atom stereocenters. The summed E-state index contributed by atoms with van der Waals surface area (Å²) in [5.74, 6) is 0.610. The number of imidazole rings is 1. The fourth-order valence-corrected chi connectivity index (χ4v) is 3.65. The topological polar surface area (TPSA) is 27.1 Å². The van der Waals surface area contributed by atoms with Crippen molar-refractivity contribution in [3.8, 4) is 5.75 Å². The summed E-state index contributed by atoms with van der Waals surface area (Å²) >= 11 is 16.3. The zero-order valence-corrected chi connectivity index (χ0v) is 15.1. The van der Waals surface area contributed by atoms with Gasteiger partial charge in [0.2, 0.25) is 0 Å². The van der Waals surface area contributed by atoms with Gasteiger partial charge in [-0.1, -0.05) is 39.1 Å². The molecule has 1 aromatic heterocycles. The highest BCUT2D eigenvalue weighted by Gasteiger charge is 2.20. The number of benzene rings is 2. The Morgan fingerprint density at radius 1 is 1.23 bits per heavy atom. The summed E-state index contributed by atoms with van der Waals surface area (Å²) in [4.78, 5) is 4.43. The van der Waals surface area contributed by atoms with Crippen LogP contribution in [0.4, 0.5) is 0 Å². The second-order valence-electron chi connectivity index (χ2n) is 4.94. The fraction of sp³-hybridized carbons (Fsp3) is 0.188. The zero-order chi connectivity index (χ0) is 15.9. The molecule has 0 fully saturated rings. The molecule has 0 aliphatic rings. The van der Waals surface area contributed by atoms with Crippen LogP contribution in [-0.2, 0) is 0 Å². The van der Waals surface area contributed by atoms with Crippen LogP contribution in [0.3, 0.4) is 0 Å². The SMILES string of the molecule is COc1ccc(Cl)c([C@@H](C)n2cnc3ccc(Br)cc32)c1Cl. The highest BCUT2D eigenvalue weighted by molar-refractivity contribution is 9.10. The first-order valence-electron chi connectivity index (χ1n) is 6.67. The van der Waals surface area contributed by atoms with E-state index < -0.39 is 0 Å². The molecule has 0 saturated heterocycles. The maximum atomic E-state index is 6.46. The van der Waals surface area contributed by atoms with Gasteiger partial charge < -0.3 is 9.30 Å². The maximum Gasteiger partial charge on any atom is 0.137 e. The number of halogens is 3. The number of methoxy groups -OCH3 is 1. The third-order valence-corrected chi connectivity index (χ3v) is 4.90. The molecular weight excluding hydrogens is 387 g/mol. The predicted molar refractivity (Wildman–Crippen MR) is 94.3 cm³/mol. The zero-order valence-electron chi connectivity index (χ0n) is 12.0. The Balaban J connectivity index is 2.18. The summed E-state index contributed by atoms with van der Waals surface area (Å²) in [6.45, 7) is 2.04. The number of aromatic nitrogens is 2. The summed E-state index contributed by atoms with van der Waals surface area (Å²) < 4.78 is 8.34. The number of nitrogens with zero attached hydrogens (tertiary/aromatic N) is 2. The molecule has 2 aromatic carbocycles. The molecule has 3 aromatic rings. The van der Waals surface area contributed by atoms with Crippen molar-refractivity contribution < 1.29 is 4.74 Å². The van der Waals surface area contributed by atoms with Crippen LogP contribution in [0.25, 0.3) is 11.0 Å². The lowest BCUT2D eigenvalue weighted by Gasteiger charge is -2.19. The minimum Gasteiger partial charge on any atom is -0.495 e. The normalized spacial score (nSPS) is 12.6. The van der Waals surface area contributed by atoms with Crippen molar-refractivity contribution in [2.75, 3.05) is 7.11 Å². The Morgan fingerprint density at radius 2 is 2.00 bits per heavy atom. The molecule has 0 radical (unpaired) electrons. The molecule has 1 heterocycles. The minimum atomic E-state index is -0.0746. The Kier molecular flexibility index (Phi) is 4.35. The number of ether oxygens (including phenoxy) is 1. The molecule has 0 bridgehead atoms. The van der Waals surface area contributed by atoms with Gasteiger partial charge in [-0.15, -0.1) is 0 Å². The van der Waals surface area contributed by atoms with E-state index in [0.717, 1.165) is 21.1 Å². The van der Waals surface area contributed by atoms with E-state index in [1.807, 2.05) is 29.7 Å². The van der Waals surface area contributed by atoms with E-state index >= 15 is 0 Å². The second-order valence-corrected chi connectivity index (χ2v) is 6.64. The Bertz CT molecular complexity index is 848. The summed E-state index contributed by atoms with van der Waals surface area (Å²) in [5, 5.41) is 1.13. The number of hydrogen-bond acceptors (Lipinski definition) is 2. The van der Waals surface area contributed by atoms with Crippen LogP contribution in [0.15, 0.2) is 41.1 Å². The first-order chi connectivity index (χ1) is 10.5. The first-order valence-corrected chi connectivity index (χ1v) is 8.21. The molecule has 0 spiro atoms. The van der Waals surface area contributed by atoms with Crippen LogP contribution >= 0.6 is 39.1 Å². The van der Waals surface area contributed by atoms with Gasteiger partial charge in [0.05, 0.1) is 35.5 Å². The third-order valence-electron chi connectivity index (χ3n) is 3.68. The van der Waals surface area contributed by atoms with Gasteiger partial charge >= 0.3 is 0 Å². The van der Waals surface area contributed by atoms with Crippen LogP contribution < -0.4 is 4.74 Å². The van der Waals surface area contributed by atoms with E-state index in [2.05, 4.69) is 20.9 Å². The van der Waals surface area contributed by atoms with Crippen molar-refractivity contribution in [2.45, 2.75) is 13.0 Å². The van der Waals surface area contributed by atoms with Crippen LogP contribution in [0.2, 0.25) is 10.0 Å². The largest absolute Gasteiger partial charge is 0.495 e. The van der Waals surface area contributed by atoms with Crippen molar-refractivity contribution in [2.24, 2.45) is 0 Å². The Hall–Kier alpha value is -1.23. The molecule has 0 amide bonds. The van der Waals surface area contributed by atoms with Crippen molar-refractivity contribution in [3.05, 3.63) is 56.7 Å². The van der Waals surface area contributed by atoms with Gasteiger partial charge in [0, 0.05) is 15.1 Å². The lowest BCUT2D eigenvalue weighted by atomic mass is 10.1. The highest BCUT2D eigenvalue weighted by atomic mass is 79.9. The van der Waals surface area contributed by atoms with Gasteiger partial charge in [-0.05, 0) is 37.3 Å². The Morgan fingerprint density at radius 3 is 2.73 bits per heavy atom. The minimum absolute atomic E-state index is 0.0746. The second kappa shape index (κ2) is 6.11. The van der Waals surface area contributed by atoms with Gasteiger partial charge in [0.25, 0.3) is 0 Å². The van der Waals surface area contributed by atoms with Gasteiger partial charge in [0.15, 0.2) is 0 Å². The standard InChI is InChI=1S/C16H13BrCl2N2O/c1-9(15-11(18)4-6-14(22-2)16(15)19)21-8-20-12-5-3-10(17)7-13(12)21/h3-9H,1-2H3/t9-/m1/s1. The van der Waals surface area contributed by atoms with Crippen LogP contribution in [0, 0.1) is 0 Å².